The molecule has 0 atom stereocenters. The van der Waals surface area contributed by atoms with Crippen LogP contribution in [-0.4, -0.2) is 5.88 Å². The van der Waals surface area contributed by atoms with E-state index in [9.17, 15) is 0 Å². The second-order valence-corrected chi connectivity index (χ2v) is 3.72. The molecule has 0 aliphatic carbocycles. The lowest BCUT2D eigenvalue weighted by molar-refractivity contribution is 0.983. The summed E-state index contributed by atoms with van der Waals surface area (Å²) in [5, 5.41) is 0.758. The molecule has 0 aliphatic rings. The molecular weight excluding hydrogens is 203 g/mol. The van der Waals surface area contributed by atoms with Crippen molar-refractivity contribution in [3.8, 4) is 0 Å². The third-order valence-corrected chi connectivity index (χ3v) is 2.38. The maximum atomic E-state index is 5.77. The van der Waals surface area contributed by atoms with E-state index in [4.69, 9.17) is 23.2 Å². The molecule has 1 aromatic rings. The Morgan fingerprint density at radius 1 is 1.23 bits per heavy atom. The van der Waals surface area contributed by atoms with Gasteiger partial charge in [0.25, 0.3) is 0 Å². The molecule has 0 unspecified atom stereocenters. The van der Waals surface area contributed by atoms with Gasteiger partial charge in [-0.05, 0) is 36.1 Å². The predicted molar refractivity (Wildman–Crippen MR) is 60.4 cm³/mol. The first-order chi connectivity index (χ1) is 6.24. The summed E-state index contributed by atoms with van der Waals surface area (Å²) in [7, 11) is 0. The summed E-state index contributed by atoms with van der Waals surface area (Å²) >= 11 is 11.4. The first-order valence-electron chi connectivity index (χ1n) is 4.23. The first-order valence-corrected chi connectivity index (χ1v) is 5.15. The fourth-order valence-electron chi connectivity index (χ4n) is 1.11. The van der Waals surface area contributed by atoms with E-state index in [2.05, 4.69) is 6.58 Å². The fraction of sp³-hybridized carbons (Fsp3) is 0.273. The summed E-state index contributed by atoms with van der Waals surface area (Å²) in [4.78, 5) is 0. The van der Waals surface area contributed by atoms with Crippen molar-refractivity contribution >= 4 is 28.8 Å². The Bertz CT molecular complexity index is 275. The molecule has 0 radical (unpaired) electrons. The van der Waals surface area contributed by atoms with Gasteiger partial charge < -0.3 is 0 Å². The van der Waals surface area contributed by atoms with E-state index in [0.717, 1.165) is 29.0 Å². The van der Waals surface area contributed by atoms with Gasteiger partial charge in [0, 0.05) is 10.9 Å². The second-order valence-electron chi connectivity index (χ2n) is 2.90. The van der Waals surface area contributed by atoms with E-state index in [1.54, 1.807) is 0 Å². The van der Waals surface area contributed by atoms with Crippen LogP contribution in [0.3, 0.4) is 0 Å². The monoisotopic (exact) mass is 214 g/mol. The van der Waals surface area contributed by atoms with Gasteiger partial charge in [-0.25, -0.2) is 0 Å². The van der Waals surface area contributed by atoms with Crippen LogP contribution < -0.4 is 0 Å². The summed E-state index contributed by atoms with van der Waals surface area (Å²) in [6, 6.07) is 7.73. The molecule has 0 aliphatic heterocycles. The number of benzene rings is 1. The van der Waals surface area contributed by atoms with Gasteiger partial charge in [0.05, 0.1) is 0 Å². The minimum Gasteiger partial charge on any atom is -0.127 e. The normalized spacial score (nSPS) is 10.0. The van der Waals surface area contributed by atoms with Crippen LogP contribution >= 0.6 is 23.2 Å². The van der Waals surface area contributed by atoms with Gasteiger partial charge in [-0.2, -0.15) is 0 Å². The Morgan fingerprint density at radius 2 is 1.85 bits per heavy atom. The Morgan fingerprint density at radius 3 is 2.38 bits per heavy atom. The maximum absolute atomic E-state index is 5.77. The van der Waals surface area contributed by atoms with Crippen molar-refractivity contribution < 1.29 is 0 Å². The summed E-state index contributed by atoms with van der Waals surface area (Å²) in [5.41, 5.74) is 2.27. The highest BCUT2D eigenvalue weighted by molar-refractivity contribution is 6.30. The SMILES string of the molecule is C=C(CCCCl)c1ccc(Cl)cc1. The summed E-state index contributed by atoms with van der Waals surface area (Å²) in [6.07, 6.45) is 1.92. The highest BCUT2D eigenvalue weighted by atomic mass is 35.5. The van der Waals surface area contributed by atoms with Crippen molar-refractivity contribution in [1.82, 2.24) is 0 Å². The van der Waals surface area contributed by atoms with Gasteiger partial charge in [-0.15, -0.1) is 11.6 Å². The molecule has 0 heterocycles. The topological polar surface area (TPSA) is 0 Å². The fourth-order valence-corrected chi connectivity index (χ4v) is 1.37. The number of halogens is 2. The number of hydrogen-bond donors (Lipinski definition) is 0. The number of hydrogen-bond acceptors (Lipinski definition) is 0. The van der Waals surface area contributed by atoms with Crippen LogP contribution in [0.4, 0.5) is 0 Å². The van der Waals surface area contributed by atoms with Gasteiger partial charge in [-0.1, -0.05) is 30.3 Å². The molecule has 13 heavy (non-hydrogen) atoms. The van der Waals surface area contributed by atoms with Crippen molar-refractivity contribution in [1.29, 1.82) is 0 Å². The van der Waals surface area contributed by atoms with Gasteiger partial charge in [-0.3, -0.25) is 0 Å². The molecule has 0 amide bonds. The van der Waals surface area contributed by atoms with E-state index in [0.29, 0.717) is 5.88 Å². The van der Waals surface area contributed by atoms with Crippen molar-refractivity contribution in [3.05, 3.63) is 41.4 Å². The van der Waals surface area contributed by atoms with Crippen molar-refractivity contribution in [2.45, 2.75) is 12.8 Å². The largest absolute Gasteiger partial charge is 0.127 e. The first kappa shape index (κ1) is 10.6. The highest BCUT2D eigenvalue weighted by Crippen LogP contribution is 2.19. The molecule has 0 nitrogen and oxygen atoms in total. The Hall–Kier alpha value is -0.460. The molecule has 70 valence electrons. The molecular formula is C11H12Cl2. The van der Waals surface area contributed by atoms with Crippen molar-refractivity contribution in [3.63, 3.8) is 0 Å². The van der Waals surface area contributed by atoms with Gasteiger partial charge in [0.1, 0.15) is 0 Å². The Labute approximate surface area is 89.2 Å². The van der Waals surface area contributed by atoms with Gasteiger partial charge in [0.2, 0.25) is 0 Å². The zero-order valence-electron chi connectivity index (χ0n) is 7.39. The van der Waals surface area contributed by atoms with Crippen LogP contribution in [0.1, 0.15) is 18.4 Å². The Kier molecular flexibility index (Phi) is 4.34. The molecule has 0 saturated heterocycles. The summed E-state index contributed by atoms with van der Waals surface area (Å²) in [6.45, 7) is 3.99. The summed E-state index contributed by atoms with van der Waals surface area (Å²) < 4.78 is 0. The van der Waals surface area contributed by atoms with Crippen LogP contribution in [0.25, 0.3) is 5.57 Å². The van der Waals surface area contributed by atoms with Gasteiger partial charge >= 0.3 is 0 Å². The van der Waals surface area contributed by atoms with E-state index >= 15 is 0 Å². The number of allylic oxidation sites excluding steroid dienone is 1. The maximum Gasteiger partial charge on any atom is 0.0406 e. The average Bonchev–Trinajstić information content (AvgIpc) is 2.15. The van der Waals surface area contributed by atoms with Crippen LogP contribution in [0, 0.1) is 0 Å². The standard InChI is InChI=1S/C11H12Cl2/c1-9(3-2-8-12)10-4-6-11(13)7-5-10/h4-7H,1-3,8H2. The average molecular weight is 215 g/mol. The van der Waals surface area contributed by atoms with Crippen LogP contribution in [0.5, 0.6) is 0 Å². The van der Waals surface area contributed by atoms with E-state index < -0.39 is 0 Å². The van der Waals surface area contributed by atoms with E-state index in [1.165, 1.54) is 0 Å². The van der Waals surface area contributed by atoms with Crippen LogP contribution in [0.15, 0.2) is 30.8 Å². The second kappa shape index (κ2) is 5.31. The Balaban J connectivity index is 2.61. The lowest BCUT2D eigenvalue weighted by atomic mass is 10.0. The minimum absolute atomic E-state index is 0.687. The predicted octanol–water partition coefficient (Wildman–Crippen LogP) is 4.37. The molecule has 2 heteroatoms. The zero-order valence-corrected chi connectivity index (χ0v) is 8.91. The molecule has 0 fully saturated rings. The smallest absolute Gasteiger partial charge is 0.0406 e. The third kappa shape index (κ3) is 3.41. The van der Waals surface area contributed by atoms with Gasteiger partial charge in [0.15, 0.2) is 0 Å². The highest BCUT2D eigenvalue weighted by Gasteiger charge is 1.97. The molecule has 0 saturated carbocycles. The van der Waals surface area contributed by atoms with Crippen molar-refractivity contribution in [2.75, 3.05) is 5.88 Å². The number of rotatable bonds is 4. The molecule has 0 bridgehead atoms. The quantitative estimate of drug-likeness (QED) is 0.654. The van der Waals surface area contributed by atoms with E-state index in [1.807, 2.05) is 24.3 Å². The summed E-state index contributed by atoms with van der Waals surface area (Å²) in [5.74, 6) is 0.687. The minimum atomic E-state index is 0.687. The zero-order chi connectivity index (χ0) is 9.68. The van der Waals surface area contributed by atoms with Crippen molar-refractivity contribution in [2.24, 2.45) is 0 Å². The lowest BCUT2D eigenvalue weighted by Crippen LogP contribution is -1.83. The van der Waals surface area contributed by atoms with Crippen LogP contribution in [0.2, 0.25) is 5.02 Å². The number of alkyl halides is 1. The van der Waals surface area contributed by atoms with E-state index in [-0.39, 0.29) is 0 Å². The van der Waals surface area contributed by atoms with Crippen LogP contribution in [-0.2, 0) is 0 Å². The molecule has 1 rings (SSSR count). The third-order valence-electron chi connectivity index (χ3n) is 1.86. The molecule has 0 N–H and O–H groups in total. The molecule has 0 aromatic heterocycles. The lowest BCUT2D eigenvalue weighted by Gasteiger charge is -2.04. The molecule has 1 aromatic carbocycles. The molecule has 0 spiro atoms.